The largest absolute Gasteiger partial charge is 0.447 e. The molecule has 1 amide bonds. The minimum atomic E-state index is -0.379. The van der Waals surface area contributed by atoms with Crippen LogP contribution in [0.15, 0.2) is 42.9 Å². The summed E-state index contributed by atoms with van der Waals surface area (Å²) in [5.41, 5.74) is 3.75. The van der Waals surface area contributed by atoms with E-state index in [9.17, 15) is 4.79 Å². The molecular formula is C13H9Br2ClN2O2. The van der Waals surface area contributed by atoms with Gasteiger partial charge in [0, 0.05) is 6.07 Å². The predicted molar refractivity (Wildman–Crippen MR) is 85.4 cm³/mol. The summed E-state index contributed by atoms with van der Waals surface area (Å²) in [4.78, 5) is 11.9. The zero-order chi connectivity index (χ0) is 14.7. The van der Waals surface area contributed by atoms with Crippen LogP contribution in [-0.4, -0.2) is 12.1 Å². The number of carbonyl (C=O) groups excluding carboxylic acids is 1. The quantitative estimate of drug-likeness (QED) is 0.586. The van der Waals surface area contributed by atoms with Crippen molar-refractivity contribution in [1.82, 2.24) is 5.43 Å². The van der Waals surface area contributed by atoms with Crippen LogP contribution in [0.2, 0.25) is 5.02 Å². The van der Waals surface area contributed by atoms with Crippen LogP contribution in [0.4, 0.5) is 0 Å². The van der Waals surface area contributed by atoms with E-state index in [0.29, 0.717) is 21.0 Å². The number of halogens is 3. The maximum Gasteiger partial charge on any atom is 0.272 e. The zero-order valence-electron chi connectivity index (χ0n) is 10.3. The third kappa shape index (κ3) is 3.71. The van der Waals surface area contributed by atoms with Crippen LogP contribution in [0.3, 0.4) is 0 Å². The molecular weight excluding hydrogens is 411 g/mol. The fourth-order valence-electron chi connectivity index (χ4n) is 1.45. The van der Waals surface area contributed by atoms with Crippen molar-refractivity contribution < 1.29 is 9.21 Å². The number of aryl methyl sites for hydroxylation is 1. The number of furan rings is 1. The van der Waals surface area contributed by atoms with Crippen LogP contribution < -0.4 is 5.43 Å². The van der Waals surface area contributed by atoms with Gasteiger partial charge in [-0.05, 0) is 56.5 Å². The number of amides is 1. The highest BCUT2D eigenvalue weighted by atomic mass is 79.9. The molecule has 0 fully saturated rings. The van der Waals surface area contributed by atoms with Crippen LogP contribution in [0.5, 0.6) is 0 Å². The first kappa shape index (κ1) is 15.3. The third-order valence-corrected chi connectivity index (χ3v) is 4.41. The molecule has 0 radical (unpaired) electrons. The lowest BCUT2D eigenvalue weighted by Gasteiger charge is -2.03. The second-order valence-corrected chi connectivity index (χ2v) is 5.93. The van der Waals surface area contributed by atoms with Gasteiger partial charge < -0.3 is 4.42 Å². The molecule has 0 unspecified atom stereocenters. The van der Waals surface area contributed by atoms with Gasteiger partial charge in [0.05, 0.1) is 21.3 Å². The van der Waals surface area contributed by atoms with Gasteiger partial charge in [0.15, 0.2) is 4.67 Å². The Kier molecular flexibility index (Phi) is 5.01. The first-order valence-electron chi connectivity index (χ1n) is 5.52. The van der Waals surface area contributed by atoms with Crippen LogP contribution >= 0.6 is 43.5 Å². The molecule has 1 N–H and O–H groups in total. The minimum Gasteiger partial charge on any atom is -0.447 e. The molecule has 2 aromatic rings. The first-order valence-corrected chi connectivity index (χ1v) is 7.48. The van der Waals surface area contributed by atoms with Crippen molar-refractivity contribution in [3.8, 4) is 0 Å². The lowest BCUT2D eigenvalue weighted by Crippen LogP contribution is -2.18. The van der Waals surface area contributed by atoms with E-state index in [1.165, 1.54) is 6.21 Å². The number of rotatable bonds is 3. The van der Waals surface area contributed by atoms with E-state index in [0.717, 1.165) is 10.0 Å². The summed E-state index contributed by atoms with van der Waals surface area (Å²) in [6, 6.07) is 6.91. The van der Waals surface area contributed by atoms with E-state index in [4.69, 9.17) is 16.0 Å². The Morgan fingerprint density at radius 2 is 2.15 bits per heavy atom. The fraction of sp³-hybridized carbons (Fsp3) is 0.0769. The van der Waals surface area contributed by atoms with Crippen molar-refractivity contribution in [1.29, 1.82) is 0 Å². The lowest BCUT2D eigenvalue weighted by atomic mass is 10.1. The van der Waals surface area contributed by atoms with Gasteiger partial charge in [0.2, 0.25) is 0 Å². The molecule has 0 atom stereocenters. The Bertz CT molecular complexity index is 664. The third-order valence-electron chi connectivity index (χ3n) is 2.39. The van der Waals surface area contributed by atoms with Gasteiger partial charge in [-0.15, -0.1) is 0 Å². The molecule has 2 rings (SSSR count). The summed E-state index contributed by atoms with van der Waals surface area (Å²) in [5, 5.41) is 4.21. The van der Waals surface area contributed by atoms with Gasteiger partial charge in [-0.25, -0.2) is 5.43 Å². The average molecular weight is 420 g/mol. The molecule has 0 spiro atoms. The standard InChI is InChI=1S/C13H9Br2ClN2O2/c1-7-2-3-9(11(16)4-7)13(19)18-17-6-8-5-10(14)12(15)20-8/h2-6H,1H3,(H,18,19). The molecule has 4 nitrogen and oxygen atoms in total. The first-order chi connectivity index (χ1) is 9.47. The normalized spacial score (nSPS) is 11.0. The number of benzene rings is 1. The van der Waals surface area contributed by atoms with E-state index < -0.39 is 0 Å². The summed E-state index contributed by atoms with van der Waals surface area (Å²) in [6.45, 7) is 1.90. The second-order valence-electron chi connectivity index (χ2n) is 3.95. The fourth-order valence-corrected chi connectivity index (χ4v) is 2.37. The van der Waals surface area contributed by atoms with Crippen LogP contribution in [0.1, 0.15) is 21.7 Å². The SMILES string of the molecule is Cc1ccc(C(=O)NN=Cc2cc(Br)c(Br)o2)c(Cl)c1. The van der Waals surface area contributed by atoms with Crippen molar-refractivity contribution in [3.63, 3.8) is 0 Å². The average Bonchev–Trinajstić information content (AvgIpc) is 2.68. The van der Waals surface area contributed by atoms with E-state index in [1.807, 2.05) is 13.0 Å². The minimum absolute atomic E-state index is 0.372. The number of nitrogens with zero attached hydrogens (tertiary/aromatic N) is 1. The lowest BCUT2D eigenvalue weighted by molar-refractivity contribution is 0.0955. The Labute approximate surface area is 137 Å². The van der Waals surface area contributed by atoms with Gasteiger partial charge in [-0.3, -0.25) is 4.79 Å². The van der Waals surface area contributed by atoms with E-state index in [2.05, 4.69) is 42.4 Å². The summed E-state index contributed by atoms with van der Waals surface area (Å²) >= 11 is 12.5. The van der Waals surface area contributed by atoms with Gasteiger partial charge >= 0.3 is 0 Å². The van der Waals surface area contributed by atoms with E-state index in [-0.39, 0.29) is 5.91 Å². The zero-order valence-corrected chi connectivity index (χ0v) is 14.2. The number of hydrogen-bond donors (Lipinski definition) is 1. The summed E-state index contributed by atoms with van der Waals surface area (Å²) < 4.78 is 6.62. The number of carbonyl (C=O) groups is 1. The van der Waals surface area contributed by atoms with Gasteiger partial charge in [0.25, 0.3) is 5.91 Å². The van der Waals surface area contributed by atoms with Gasteiger partial charge in [0.1, 0.15) is 5.76 Å². The molecule has 0 saturated carbocycles. The molecule has 104 valence electrons. The Morgan fingerprint density at radius 1 is 1.40 bits per heavy atom. The Morgan fingerprint density at radius 3 is 2.75 bits per heavy atom. The molecule has 20 heavy (non-hydrogen) atoms. The molecule has 0 saturated heterocycles. The molecule has 1 aromatic heterocycles. The number of hydrazone groups is 1. The van der Waals surface area contributed by atoms with Gasteiger partial charge in [-0.1, -0.05) is 17.7 Å². The number of nitrogens with one attached hydrogen (secondary N) is 1. The maximum atomic E-state index is 11.9. The summed E-state index contributed by atoms with van der Waals surface area (Å²) in [5.74, 6) is 0.120. The molecule has 0 aliphatic rings. The highest BCUT2D eigenvalue weighted by Gasteiger charge is 2.09. The topological polar surface area (TPSA) is 54.6 Å². The van der Waals surface area contributed by atoms with Crippen molar-refractivity contribution in [2.24, 2.45) is 5.10 Å². The Balaban J connectivity index is 2.05. The van der Waals surface area contributed by atoms with Crippen molar-refractivity contribution in [2.45, 2.75) is 6.92 Å². The highest BCUT2D eigenvalue weighted by Crippen LogP contribution is 2.25. The maximum absolute atomic E-state index is 11.9. The van der Waals surface area contributed by atoms with Crippen molar-refractivity contribution >= 4 is 55.6 Å². The summed E-state index contributed by atoms with van der Waals surface area (Å²) in [6.07, 6.45) is 1.40. The monoisotopic (exact) mass is 418 g/mol. The van der Waals surface area contributed by atoms with Crippen LogP contribution in [0, 0.1) is 6.92 Å². The molecule has 1 aromatic carbocycles. The molecule has 7 heteroatoms. The van der Waals surface area contributed by atoms with Gasteiger partial charge in [-0.2, -0.15) is 5.10 Å². The highest BCUT2D eigenvalue weighted by molar-refractivity contribution is 9.13. The molecule has 1 heterocycles. The smallest absolute Gasteiger partial charge is 0.272 e. The predicted octanol–water partition coefficient (Wildman–Crippen LogP) is 4.53. The number of hydrogen-bond acceptors (Lipinski definition) is 3. The van der Waals surface area contributed by atoms with E-state index >= 15 is 0 Å². The molecule has 0 aliphatic carbocycles. The van der Waals surface area contributed by atoms with Crippen molar-refractivity contribution in [2.75, 3.05) is 0 Å². The molecule has 0 bridgehead atoms. The molecule has 0 aliphatic heterocycles. The van der Waals surface area contributed by atoms with E-state index in [1.54, 1.807) is 18.2 Å². The second kappa shape index (κ2) is 6.56. The van der Waals surface area contributed by atoms with Crippen LogP contribution in [0.25, 0.3) is 0 Å². The van der Waals surface area contributed by atoms with Crippen LogP contribution in [-0.2, 0) is 0 Å². The summed E-state index contributed by atoms with van der Waals surface area (Å²) in [7, 11) is 0. The Hall–Kier alpha value is -1.11. The van der Waals surface area contributed by atoms with Crippen molar-refractivity contribution in [3.05, 3.63) is 55.3 Å².